The smallest absolute Gasteiger partial charge is 0.310 e. The van der Waals surface area contributed by atoms with Gasteiger partial charge in [-0.2, -0.15) is 0 Å². The first-order chi connectivity index (χ1) is 6.53. The van der Waals surface area contributed by atoms with Crippen molar-refractivity contribution in [3.05, 3.63) is 0 Å². The third kappa shape index (κ3) is 1.65. The fourth-order valence-electron chi connectivity index (χ4n) is 2.40. The Morgan fingerprint density at radius 1 is 1.36 bits per heavy atom. The van der Waals surface area contributed by atoms with E-state index in [4.69, 9.17) is 5.11 Å². The first-order valence-electron chi connectivity index (χ1n) is 5.49. The normalized spacial score (nSPS) is 35.9. The average molecular weight is 197 g/mol. The second-order valence-electron chi connectivity index (χ2n) is 5.23. The number of rotatable bonds is 3. The largest absolute Gasteiger partial charge is 0.481 e. The molecule has 0 spiro atoms. The molecular weight excluding hydrogens is 178 g/mol. The van der Waals surface area contributed by atoms with Crippen molar-refractivity contribution in [2.75, 3.05) is 19.6 Å². The fraction of sp³-hybridized carbons (Fsp3) is 0.909. The van der Waals surface area contributed by atoms with Crippen LogP contribution in [0.1, 0.15) is 26.7 Å². The van der Waals surface area contributed by atoms with Crippen LogP contribution in [0.5, 0.6) is 0 Å². The monoisotopic (exact) mass is 197 g/mol. The maximum absolute atomic E-state index is 11.0. The van der Waals surface area contributed by atoms with Crippen molar-refractivity contribution in [1.29, 1.82) is 0 Å². The van der Waals surface area contributed by atoms with Crippen LogP contribution in [-0.2, 0) is 4.79 Å². The number of hydrogen-bond donors (Lipinski definition) is 1. The van der Waals surface area contributed by atoms with Crippen LogP contribution < -0.4 is 0 Å². The Balaban J connectivity index is 1.90. The topological polar surface area (TPSA) is 40.5 Å². The Morgan fingerprint density at radius 2 is 1.86 bits per heavy atom. The summed E-state index contributed by atoms with van der Waals surface area (Å²) < 4.78 is 0. The summed E-state index contributed by atoms with van der Waals surface area (Å²) in [7, 11) is 0. The van der Waals surface area contributed by atoms with Crippen molar-refractivity contribution in [2.24, 2.45) is 17.3 Å². The number of aliphatic carboxylic acids is 1. The summed E-state index contributed by atoms with van der Waals surface area (Å²) in [5.74, 6) is 0.851. The van der Waals surface area contributed by atoms with Crippen molar-refractivity contribution in [3.8, 4) is 0 Å². The van der Waals surface area contributed by atoms with Gasteiger partial charge in [0.1, 0.15) is 0 Å². The lowest BCUT2D eigenvalue weighted by atomic mass is 10.0. The molecule has 1 aliphatic carbocycles. The Bertz CT molecular complexity index is 238. The summed E-state index contributed by atoms with van der Waals surface area (Å²) in [6, 6.07) is 0. The lowest BCUT2D eigenvalue weighted by Crippen LogP contribution is -2.33. The maximum Gasteiger partial charge on any atom is 0.310 e. The van der Waals surface area contributed by atoms with E-state index in [1.165, 1.54) is 0 Å². The molecule has 2 aliphatic rings. The molecule has 3 nitrogen and oxygen atoms in total. The predicted octanol–water partition coefficient (Wildman–Crippen LogP) is 1.44. The van der Waals surface area contributed by atoms with Crippen LogP contribution in [0.3, 0.4) is 0 Å². The molecule has 1 saturated carbocycles. The standard InChI is InChI=1S/C11H19NO2/c1-8-5-12(6-9(8)2)7-11(3-4-11)10(13)14/h8-9H,3-7H2,1-2H3,(H,13,14). The minimum Gasteiger partial charge on any atom is -0.481 e. The molecule has 2 fully saturated rings. The zero-order valence-electron chi connectivity index (χ0n) is 8.99. The highest BCUT2D eigenvalue weighted by Crippen LogP contribution is 2.47. The molecule has 1 saturated heterocycles. The number of carboxylic acid groups (broad SMARTS) is 1. The minimum atomic E-state index is -0.593. The molecule has 0 amide bonds. The van der Waals surface area contributed by atoms with Crippen LogP contribution in [0.2, 0.25) is 0 Å². The van der Waals surface area contributed by atoms with Crippen LogP contribution in [-0.4, -0.2) is 35.6 Å². The highest BCUT2D eigenvalue weighted by molar-refractivity contribution is 5.78. The molecule has 0 aromatic carbocycles. The summed E-state index contributed by atoms with van der Waals surface area (Å²) in [6.45, 7) is 7.44. The third-order valence-corrected chi connectivity index (χ3v) is 3.90. The molecule has 1 N–H and O–H groups in total. The summed E-state index contributed by atoms with van der Waals surface area (Å²) in [5, 5.41) is 9.07. The fourth-order valence-corrected chi connectivity index (χ4v) is 2.40. The molecule has 1 heterocycles. The minimum absolute atomic E-state index is 0.371. The van der Waals surface area contributed by atoms with E-state index in [1.54, 1.807) is 0 Å². The van der Waals surface area contributed by atoms with Gasteiger partial charge in [-0.15, -0.1) is 0 Å². The highest BCUT2D eigenvalue weighted by atomic mass is 16.4. The van der Waals surface area contributed by atoms with Crippen LogP contribution in [0.4, 0.5) is 0 Å². The van der Waals surface area contributed by atoms with E-state index >= 15 is 0 Å². The first-order valence-corrected chi connectivity index (χ1v) is 5.49. The Hall–Kier alpha value is -0.570. The van der Waals surface area contributed by atoms with E-state index in [2.05, 4.69) is 18.7 Å². The third-order valence-electron chi connectivity index (χ3n) is 3.90. The molecule has 0 aromatic heterocycles. The molecule has 2 unspecified atom stereocenters. The molecule has 14 heavy (non-hydrogen) atoms. The first kappa shape index (κ1) is 9.97. The average Bonchev–Trinajstić information content (AvgIpc) is 2.78. The number of carboxylic acids is 1. The molecule has 2 rings (SSSR count). The quantitative estimate of drug-likeness (QED) is 0.744. The van der Waals surface area contributed by atoms with Gasteiger partial charge in [0.05, 0.1) is 5.41 Å². The molecular formula is C11H19NO2. The van der Waals surface area contributed by atoms with E-state index in [1.807, 2.05) is 0 Å². The summed E-state index contributed by atoms with van der Waals surface area (Å²) in [4.78, 5) is 13.3. The number of nitrogens with zero attached hydrogens (tertiary/aromatic N) is 1. The summed E-state index contributed by atoms with van der Waals surface area (Å²) in [6.07, 6.45) is 1.75. The second kappa shape index (κ2) is 3.23. The second-order valence-corrected chi connectivity index (χ2v) is 5.23. The molecule has 0 aromatic rings. The molecule has 0 radical (unpaired) electrons. The Kier molecular flexibility index (Phi) is 2.30. The summed E-state index contributed by atoms with van der Waals surface area (Å²) in [5.41, 5.74) is -0.371. The van der Waals surface area contributed by atoms with E-state index < -0.39 is 5.97 Å². The van der Waals surface area contributed by atoms with Gasteiger partial charge < -0.3 is 10.0 Å². The van der Waals surface area contributed by atoms with E-state index in [-0.39, 0.29) is 5.41 Å². The van der Waals surface area contributed by atoms with Crippen molar-refractivity contribution in [2.45, 2.75) is 26.7 Å². The zero-order chi connectivity index (χ0) is 10.3. The molecule has 3 heteroatoms. The maximum atomic E-state index is 11.0. The molecule has 0 bridgehead atoms. The van der Waals surface area contributed by atoms with Gasteiger partial charge in [-0.25, -0.2) is 0 Å². The SMILES string of the molecule is CC1CN(CC2(C(=O)O)CC2)CC1C. The molecule has 2 atom stereocenters. The number of likely N-dealkylation sites (tertiary alicyclic amines) is 1. The van der Waals surface area contributed by atoms with Crippen molar-refractivity contribution in [3.63, 3.8) is 0 Å². The van der Waals surface area contributed by atoms with E-state index in [0.29, 0.717) is 0 Å². The lowest BCUT2D eigenvalue weighted by molar-refractivity contribution is -0.144. The van der Waals surface area contributed by atoms with Crippen LogP contribution in [0.15, 0.2) is 0 Å². The number of hydrogen-bond acceptors (Lipinski definition) is 2. The van der Waals surface area contributed by atoms with Crippen molar-refractivity contribution >= 4 is 5.97 Å². The molecule has 80 valence electrons. The lowest BCUT2D eigenvalue weighted by Gasteiger charge is -2.19. The van der Waals surface area contributed by atoms with Crippen LogP contribution in [0, 0.1) is 17.3 Å². The Morgan fingerprint density at radius 3 is 2.21 bits per heavy atom. The van der Waals surface area contributed by atoms with Gasteiger partial charge in [-0.1, -0.05) is 13.8 Å². The van der Waals surface area contributed by atoms with Gasteiger partial charge in [0.15, 0.2) is 0 Å². The van der Waals surface area contributed by atoms with Crippen LogP contribution in [0.25, 0.3) is 0 Å². The predicted molar refractivity (Wildman–Crippen MR) is 54.1 cm³/mol. The summed E-state index contributed by atoms with van der Waals surface area (Å²) >= 11 is 0. The van der Waals surface area contributed by atoms with Gasteiger partial charge in [-0.3, -0.25) is 4.79 Å². The Labute approximate surface area is 85.1 Å². The van der Waals surface area contributed by atoms with Gasteiger partial charge in [0.25, 0.3) is 0 Å². The van der Waals surface area contributed by atoms with Gasteiger partial charge in [-0.05, 0) is 24.7 Å². The van der Waals surface area contributed by atoms with Crippen molar-refractivity contribution in [1.82, 2.24) is 4.90 Å². The van der Waals surface area contributed by atoms with Gasteiger partial charge >= 0.3 is 5.97 Å². The highest BCUT2D eigenvalue weighted by Gasteiger charge is 2.51. The van der Waals surface area contributed by atoms with Gasteiger partial charge in [0, 0.05) is 19.6 Å². The number of carbonyl (C=O) groups is 1. The van der Waals surface area contributed by atoms with E-state index in [0.717, 1.165) is 44.3 Å². The van der Waals surface area contributed by atoms with Crippen molar-refractivity contribution < 1.29 is 9.90 Å². The van der Waals surface area contributed by atoms with Crippen LogP contribution >= 0.6 is 0 Å². The zero-order valence-corrected chi connectivity index (χ0v) is 8.99. The van der Waals surface area contributed by atoms with Gasteiger partial charge in [0.2, 0.25) is 0 Å². The van der Waals surface area contributed by atoms with E-state index in [9.17, 15) is 4.79 Å². The molecule has 1 aliphatic heterocycles.